The summed E-state index contributed by atoms with van der Waals surface area (Å²) in [5, 5.41) is 9.14. The van der Waals surface area contributed by atoms with E-state index in [2.05, 4.69) is 13.8 Å². The van der Waals surface area contributed by atoms with E-state index < -0.39 is 10.0 Å². The van der Waals surface area contributed by atoms with Crippen LogP contribution in [0.25, 0.3) is 0 Å². The van der Waals surface area contributed by atoms with Gasteiger partial charge in [-0.25, -0.2) is 8.42 Å². The Kier molecular flexibility index (Phi) is 4.52. The van der Waals surface area contributed by atoms with Crippen molar-refractivity contribution in [2.24, 2.45) is 5.41 Å². The summed E-state index contributed by atoms with van der Waals surface area (Å²) in [6.45, 7) is 5.31. The van der Waals surface area contributed by atoms with Gasteiger partial charge < -0.3 is 5.11 Å². The quantitative estimate of drug-likeness (QED) is 0.908. The van der Waals surface area contributed by atoms with Gasteiger partial charge in [0.15, 0.2) is 0 Å². The Morgan fingerprint density at radius 3 is 2.55 bits per heavy atom. The normalized spacial score (nSPS) is 19.4. The Labute approximate surface area is 121 Å². The highest BCUT2D eigenvalue weighted by Gasteiger charge is 2.40. The summed E-state index contributed by atoms with van der Waals surface area (Å²) < 4.78 is 26.9. The fourth-order valence-corrected chi connectivity index (χ4v) is 4.50. The molecule has 1 heterocycles. The summed E-state index contributed by atoms with van der Waals surface area (Å²) in [7, 11) is -3.44. The van der Waals surface area contributed by atoms with Crippen LogP contribution in [0.4, 0.5) is 0 Å². The fourth-order valence-electron chi connectivity index (χ4n) is 2.88. The summed E-state index contributed by atoms with van der Waals surface area (Å²) in [6.07, 6.45) is 2.94. The molecule has 1 aromatic carbocycles. The first-order valence-corrected chi connectivity index (χ1v) is 8.61. The van der Waals surface area contributed by atoms with Gasteiger partial charge in [0.05, 0.1) is 11.5 Å². The van der Waals surface area contributed by atoms with Crippen molar-refractivity contribution in [3.8, 4) is 0 Å². The van der Waals surface area contributed by atoms with Crippen LogP contribution in [-0.4, -0.2) is 30.9 Å². The molecule has 0 aliphatic carbocycles. The minimum Gasteiger partial charge on any atom is -0.392 e. The van der Waals surface area contributed by atoms with Gasteiger partial charge in [0, 0.05) is 13.1 Å². The van der Waals surface area contributed by atoms with Gasteiger partial charge in [-0.2, -0.15) is 4.31 Å². The Hall–Kier alpha value is -0.910. The zero-order chi connectivity index (χ0) is 14.8. The van der Waals surface area contributed by atoms with Gasteiger partial charge in [-0.1, -0.05) is 26.0 Å². The van der Waals surface area contributed by atoms with E-state index in [-0.39, 0.29) is 16.9 Å². The van der Waals surface area contributed by atoms with Crippen molar-refractivity contribution in [2.75, 3.05) is 13.1 Å². The molecule has 1 saturated heterocycles. The molecule has 1 fully saturated rings. The van der Waals surface area contributed by atoms with Gasteiger partial charge in [-0.3, -0.25) is 0 Å². The highest BCUT2D eigenvalue weighted by atomic mass is 32.2. The molecule has 0 saturated carbocycles. The summed E-state index contributed by atoms with van der Waals surface area (Å²) >= 11 is 0. The van der Waals surface area contributed by atoms with E-state index in [1.54, 1.807) is 28.6 Å². The van der Waals surface area contributed by atoms with Crippen LogP contribution in [0.15, 0.2) is 29.2 Å². The predicted molar refractivity (Wildman–Crippen MR) is 78.8 cm³/mol. The summed E-state index contributed by atoms with van der Waals surface area (Å²) in [6, 6.07) is 6.58. The number of hydrogen-bond donors (Lipinski definition) is 1. The zero-order valence-corrected chi connectivity index (χ0v) is 13.0. The number of nitrogens with zero attached hydrogens (tertiary/aromatic N) is 1. The third-order valence-electron chi connectivity index (χ3n) is 4.62. The Balaban J connectivity index is 2.28. The van der Waals surface area contributed by atoms with Crippen molar-refractivity contribution in [2.45, 2.75) is 44.6 Å². The minimum atomic E-state index is -3.44. The van der Waals surface area contributed by atoms with E-state index in [0.717, 1.165) is 19.3 Å². The Bertz CT molecular complexity index is 564. The highest BCUT2D eigenvalue weighted by molar-refractivity contribution is 7.89. The molecule has 5 heteroatoms. The summed E-state index contributed by atoms with van der Waals surface area (Å²) in [5.41, 5.74) is 0.754. The van der Waals surface area contributed by atoms with E-state index in [4.69, 9.17) is 5.11 Å². The Morgan fingerprint density at radius 2 is 2.00 bits per heavy atom. The molecule has 0 unspecified atom stereocenters. The molecule has 0 amide bonds. The topological polar surface area (TPSA) is 57.6 Å². The SMILES string of the molecule is CCC1(CC)CCN(S(=O)(=O)c2cccc(CO)c2)C1. The first kappa shape index (κ1) is 15.5. The second kappa shape index (κ2) is 5.84. The smallest absolute Gasteiger partial charge is 0.243 e. The first-order chi connectivity index (χ1) is 9.47. The molecular weight excluding hydrogens is 274 g/mol. The number of sulfonamides is 1. The monoisotopic (exact) mass is 297 g/mol. The average Bonchev–Trinajstić information content (AvgIpc) is 2.93. The van der Waals surface area contributed by atoms with Crippen LogP contribution in [-0.2, 0) is 16.6 Å². The lowest BCUT2D eigenvalue weighted by Crippen LogP contribution is -2.31. The molecule has 112 valence electrons. The maximum absolute atomic E-state index is 12.7. The molecular formula is C15H23NO3S. The van der Waals surface area contributed by atoms with E-state index in [9.17, 15) is 8.42 Å². The molecule has 20 heavy (non-hydrogen) atoms. The number of aliphatic hydroxyl groups is 1. The van der Waals surface area contributed by atoms with Crippen LogP contribution in [0.1, 0.15) is 38.7 Å². The van der Waals surface area contributed by atoms with Gasteiger partial charge in [0.1, 0.15) is 0 Å². The van der Waals surface area contributed by atoms with Crippen LogP contribution in [0, 0.1) is 5.41 Å². The van der Waals surface area contributed by atoms with Crippen molar-refractivity contribution in [3.05, 3.63) is 29.8 Å². The highest BCUT2D eigenvalue weighted by Crippen LogP contribution is 2.39. The third-order valence-corrected chi connectivity index (χ3v) is 6.46. The standard InChI is InChI=1S/C15H23NO3S/c1-3-15(4-2)8-9-16(12-15)20(18,19)14-7-5-6-13(10-14)11-17/h5-7,10,17H,3-4,8-9,11-12H2,1-2H3. The van der Waals surface area contributed by atoms with Crippen molar-refractivity contribution in [3.63, 3.8) is 0 Å². The molecule has 1 aliphatic heterocycles. The number of rotatable bonds is 5. The van der Waals surface area contributed by atoms with E-state index in [1.807, 2.05) is 0 Å². The van der Waals surface area contributed by atoms with Gasteiger partial charge in [0.25, 0.3) is 0 Å². The van der Waals surface area contributed by atoms with Crippen LogP contribution < -0.4 is 0 Å². The zero-order valence-electron chi connectivity index (χ0n) is 12.2. The predicted octanol–water partition coefficient (Wildman–Crippen LogP) is 2.38. The van der Waals surface area contributed by atoms with Crippen LogP contribution in [0.5, 0.6) is 0 Å². The molecule has 1 aliphatic rings. The van der Waals surface area contributed by atoms with E-state index in [0.29, 0.717) is 18.7 Å². The van der Waals surface area contributed by atoms with Gasteiger partial charge in [-0.15, -0.1) is 0 Å². The molecule has 1 aromatic rings. The second-order valence-corrected chi connectivity index (χ2v) is 7.54. The lowest BCUT2D eigenvalue weighted by molar-refractivity contribution is 0.279. The lowest BCUT2D eigenvalue weighted by Gasteiger charge is -2.26. The van der Waals surface area contributed by atoms with Gasteiger partial charge in [-0.05, 0) is 42.4 Å². The molecule has 4 nitrogen and oxygen atoms in total. The van der Waals surface area contributed by atoms with E-state index in [1.165, 1.54) is 0 Å². The molecule has 0 aromatic heterocycles. The second-order valence-electron chi connectivity index (χ2n) is 5.60. The van der Waals surface area contributed by atoms with Crippen molar-refractivity contribution >= 4 is 10.0 Å². The third kappa shape index (κ3) is 2.75. The van der Waals surface area contributed by atoms with E-state index >= 15 is 0 Å². The summed E-state index contributed by atoms with van der Waals surface area (Å²) in [5.74, 6) is 0. The molecule has 1 N–H and O–H groups in total. The first-order valence-electron chi connectivity index (χ1n) is 7.17. The van der Waals surface area contributed by atoms with Crippen molar-refractivity contribution in [1.29, 1.82) is 0 Å². The van der Waals surface area contributed by atoms with Crippen molar-refractivity contribution < 1.29 is 13.5 Å². The molecule has 2 rings (SSSR count). The molecule has 0 radical (unpaired) electrons. The maximum Gasteiger partial charge on any atom is 0.243 e. The van der Waals surface area contributed by atoms with Crippen molar-refractivity contribution in [1.82, 2.24) is 4.31 Å². The number of benzene rings is 1. The average molecular weight is 297 g/mol. The molecule has 0 bridgehead atoms. The van der Waals surface area contributed by atoms with Crippen LogP contribution in [0.3, 0.4) is 0 Å². The molecule has 0 atom stereocenters. The number of hydrogen-bond acceptors (Lipinski definition) is 3. The Morgan fingerprint density at radius 1 is 1.30 bits per heavy atom. The van der Waals surface area contributed by atoms with Crippen LogP contribution in [0.2, 0.25) is 0 Å². The fraction of sp³-hybridized carbons (Fsp3) is 0.600. The lowest BCUT2D eigenvalue weighted by atomic mass is 9.82. The van der Waals surface area contributed by atoms with Crippen LogP contribution >= 0.6 is 0 Å². The minimum absolute atomic E-state index is 0.127. The molecule has 0 spiro atoms. The largest absolute Gasteiger partial charge is 0.392 e. The maximum atomic E-state index is 12.7. The van der Waals surface area contributed by atoms with Gasteiger partial charge in [0.2, 0.25) is 10.0 Å². The number of aliphatic hydroxyl groups excluding tert-OH is 1. The van der Waals surface area contributed by atoms with Gasteiger partial charge >= 0.3 is 0 Å². The summed E-state index contributed by atoms with van der Waals surface area (Å²) in [4.78, 5) is 0.284.